The van der Waals surface area contributed by atoms with E-state index in [4.69, 9.17) is 68.8 Å². The molecule has 0 bridgehead atoms. The van der Waals surface area contributed by atoms with Gasteiger partial charge in [-0.25, -0.2) is 0 Å². The van der Waals surface area contributed by atoms with Crippen molar-refractivity contribution in [1.82, 2.24) is 42.5 Å². The number of primary amides is 1. The van der Waals surface area contributed by atoms with Gasteiger partial charge in [0.05, 0.1) is 6.04 Å². The first-order chi connectivity index (χ1) is 43.3. The summed E-state index contributed by atoms with van der Waals surface area (Å²) in [6, 6.07) is -6.61. The molecular formula is C56H103N23O12. The van der Waals surface area contributed by atoms with Crippen LogP contribution in [0, 0.1) is 0 Å². The molecule has 34 N–H and O–H groups in total. The van der Waals surface area contributed by atoms with E-state index >= 15 is 0 Å². The molecule has 35 heteroatoms. The number of rotatable bonds is 50. The number of nitrogens with one attached hydrogen (secondary N) is 8. The Balaban J connectivity index is 3.80. The summed E-state index contributed by atoms with van der Waals surface area (Å²) in [5.74, 6) is -9.93. The highest BCUT2D eigenvalue weighted by molar-refractivity contribution is 5.98. The number of carbonyl (C=O) groups excluding carboxylic acids is 9. The zero-order valence-corrected chi connectivity index (χ0v) is 52.1. The lowest BCUT2D eigenvalue weighted by molar-refractivity contribution is -0.139. The number of carboxylic acids is 1. The van der Waals surface area contributed by atoms with Crippen molar-refractivity contribution in [1.29, 1.82) is 0 Å². The van der Waals surface area contributed by atoms with Gasteiger partial charge in [0.25, 0.3) is 0 Å². The van der Waals surface area contributed by atoms with Crippen LogP contribution in [0.1, 0.15) is 134 Å². The fourth-order valence-electron chi connectivity index (χ4n) is 9.06. The quantitative estimate of drug-likeness (QED) is 0.0164. The lowest BCUT2D eigenvalue weighted by Gasteiger charge is -2.28. The third-order valence-corrected chi connectivity index (χ3v) is 14.1. The number of guanidine groups is 3. The van der Waals surface area contributed by atoms with Gasteiger partial charge in [0, 0.05) is 32.5 Å². The summed E-state index contributed by atoms with van der Waals surface area (Å²) in [5.41, 5.74) is 68.0. The van der Waals surface area contributed by atoms with E-state index in [1.54, 1.807) is 0 Å². The summed E-state index contributed by atoms with van der Waals surface area (Å²) in [7, 11) is 0. The Morgan fingerprint density at radius 2 is 0.637 bits per heavy atom. The number of carbonyl (C=O) groups is 10. The molecule has 514 valence electrons. The number of nitrogens with zero attached hydrogens (tertiary/aromatic N) is 3. The van der Waals surface area contributed by atoms with Crippen molar-refractivity contribution in [2.45, 2.75) is 189 Å². The van der Waals surface area contributed by atoms with E-state index in [-0.39, 0.29) is 134 Å². The molecule has 0 radical (unpaired) electrons. The minimum Gasteiger partial charge on any atom is -0.508 e. The van der Waals surface area contributed by atoms with Gasteiger partial charge in [-0.2, -0.15) is 0 Å². The molecule has 1 rings (SSSR count). The third kappa shape index (κ3) is 35.9. The SMILES string of the molecule is NCCCC[C@H](NC(=O)[C@H](CCCN=C(N)N)NC(=O)[C@H](CCCN=C(N)N)NC(=O)[C@H](CCC(=O)O)NC(=O)[C@H](CCCCN)NC(=O)[C@H](Cc1ccc(O)cc1)NC(=O)[C@H](CCCCN)NC(=O)[C@H](CCCCN)NC(=O)[C@@H](N)CCCN=C(N)N)C(N)=O. The average molecular weight is 1290 g/mol. The number of phenolic OH excluding ortho intramolecular Hbond substituents is 1. The summed E-state index contributed by atoms with van der Waals surface area (Å²) in [4.78, 5) is 150. The summed E-state index contributed by atoms with van der Waals surface area (Å²) < 4.78 is 0. The van der Waals surface area contributed by atoms with Gasteiger partial charge in [-0.15, -0.1) is 0 Å². The first-order valence-corrected chi connectivity index (χ1v) is 30.7. The molecule has 0 aliphatic rings. The number of phenols is 1. The van der Waals surface area contributed by atoms with Gasteiger partial charge in [0.2, 0.25) is 53.2 Å². The molecule has 9 atom stereocenters. The van der Waals surface area contributed by atoms with Crippen LogP contribution in [0.4, 0.5) is 0 Å². The Hall–Kier alpha value is -8.67. The smallest absolute Gasteiger partial charge is 0.303 e. The number of aliphatic imine (C=N–C) groups is 3. The highest BCUT2D eigenvalue weighted by Gasteiger charge is 2.35. The van der Waals surface area contributed by atoms with Gasteiger partial charge in [-0.3, -0.25) is 62.9 Å². The normalized spacial score (nSPS) is 13.9. The molecule has 0 unspecified atom stereocenters. The first-order valence-electron chi connectivity index (χ1n) is 30.7. The van der Waals surface area contributed by atoms with Crippen molar-refractivity contribution in [3.8, 4) is 5.75 Å². The molecule has 1 aromatic carbocycles. The van der Waals surface area contributed by atoms with Crippen molar-refractivity contribution in [3.05, 3.63) is 29.8 Å². The number of carboxylic acid groups (broad SMARTS) is 1. The summed E-state index contributed by atoms with van der Waals surface area (Å²) in [6.45, 7) is 1.20. The monoisotopic (exact) mass is 1290 g/mol. The molecule has 0 aromatic heterocycles. The van der Waals surface area contributed by atoms with Gasteiger partial charge in [-0.1, -0.05) is 12.1 Å². The van der Waals surface area contributed by atoms with Crippen LogP contribution in [0.5, 0.6) is 5.75 Å². The van der Waals surface area contributed by atoms with E-state index in [0.29, 0.717) is 63.5 Å². The predicted molar refractivity (Wildman–Crippen MR) is 343 cm³/mol. The van der Waals surface area contributed by atoms with Crippen LogP contribution in [0.3, 0.4) is 0 Å². The molecule has 0 aliphatic carbocycles. The molecule has 0 spiro atoms. The fourth-order valence-corrected chi connectivity index (χ4v) is 9.06. The largest absolute Gasteiger partial charge is 0.508 e. The number of aliphatic carboxylic acids is 1. The fraction of sp³-hybridized carbons (Fsp3) is 0.661. The number of amides is 9. The van der Waals surface area contributed by atoms with E-state index in [9.17, 15) is 58.2 Å². The Bertz CT molecular complexity index is 2510. The molecule has 91 heavy (non-hydrogen) atoms. The van der Waals surface area contributed by atoms with Crippen molar-refractivity contribution in [3.63, 3.8) is 0 Å². The van der Waals surface area contributed by atoms with Crippen LogP contribution in [0.25, 0.3) is 0 Å². The molecule has 0 heterocycles. The zero-order valence-electron chi connectivity index (χ0n) is 52.1. The molecule has 35 nitrogen and oxygen atoms in total. The van der Waals surface area contributed by atoms with Crippen LogP contribution >= 0.6 is 0 Å². The standard InChI is InChI=1S/C56H103N23O12/c57-25-5-1-13-36(45(62)83)72-47(85)40(17-10-30-70-55(65)66)75-50(88)41(18-11-31-71-56(67)68)76-52(90)42(23-24-44(81)82)78-49(87)38(15-3-7-27-59)77-53(91)43(32-33-19-21-34(80)22-20-33)79-51(89)39(16-4-8-28-60)74-48(86)37(14-2-6-26-58)73-46(84)35(61)12-9-29-69-54(63)64/h19-22,35-43,80H,1-18,23-32,57-61H2,(H2,62,83)(H,72,85)(H,73,84)(H,74,86)(H,75,88)(H,76,90)(H,77,91)(H,78,87)(H,79,89)(H,81,82)(H4,63,64,69)(H4,65,66,70)(H4,67,68,71)/t35-,36-,37-,38-,39-,40-,41-,42-,43-/m0/s1. The maximum absolute atomic E-state index is 14.7. The number of nitrogens with two attached hydrogens (primary N) is 12. The van der Waals surface area contributed by atoms with E-state index in [1.165, 1.54) is 24.3 Å². The van der Waals surface area contributed by atoms with Crippen LogP contribution in [-0.2, 0) is 54.4 Å². The van der Waals surface area contributed by atoms with Gasteiger partial charge >= 0.3 is 5.97 Å². The highest BCUT2D eigenvalue weighted by atomic mass is 16.4. The van der Waals surface area contributed by atoms with Crippen molar-refractivity contribution < 1.29 is 58.2 Å². The number of unbranched alkanes of at least 4 members (excludes halogenated alkanes) is 4. The Labute approximate surface area is 530 Å². The number of benzene rings is 1. The summed E-state index contributed by atoms with van der Waals surface area (Å²) in [6.07, 6.45) is 2.31. The van der Waals surface area contributed by atoms with Gasteiger partial charge in [-0.05, 0) is 166 Å². The molecule has 0 saturated carbocycles. The molecule has 0 aliphatic heterocycles. The second kappa shape index (κ2) is 46.4. The van der Waals surface area contributed by atoms with Gasteiger partial charge < -0.3 is 122 Å². The van der Waals surface area contributed by atoms with Crippen molar-refractivity contribution in [2.24, 2.45) is 83.8 Å². The molecule has 0 fully saturated rings. The van der Waals surface area contributed by atoms with E-state index in [1.807, 2.05) is 0 Å². The maximum atomic E-state index is 14.7. The lowest BCUT2D eigenvalue weighted by atomic mass is 10.0. The predicted octanol–water partition coefficient (Wildman–Crippen LogP) is -6.83. The minimum atomic E-state index is -1.70. The first kappa shape index (κ1) is 80.3. The lowest BCUT2D eigenvalue weighted by Crippen LogP contribution is -2.60. The zero-order chi connectivity index (χ0) is 68.3. The van der Waals surface area contributed by atoms with Crippen LogP contribution < -0.4 is 111 Å². The number of hydrogen-bond acceptors (Lipinski definition) is 19. The molecule has 1 aromatic rings. The molecule has 9 amide bonds. The Morgan fingerprint density at radius 3 is 0.956 bits per heavy atom. The minimum absolute atomic E-state index is 0.0166. The topological polar surface area (TPSA) is 657 Å². The van der Waals surface area contributed by atoms with E-state index in [0.717, 1.165) is 0 Å². The van der Waals surface area contributed by atoms with Crippen LogP contribution in [0.15, 0.2) is 39.2 Å². The van der Waals surface area contributed by atoms with E-state index in [2.05, 4.69) is 57.5 Å². The second-order valence-corrected chi connectivity index (χ2v) is 21.8. The van der Waals surface area contributed by atoms with Crippen molar-refractivity contribution in [2.75, 3.05) is 45.8 Å². The Kier molecular flexibility index (Phi) is 41.0. The average Bonchev–Trinajstić information content (AvgIpc) is 1.17. The Morgan fingerprint density at radius 1 is 0.363 bits per heavy atom. The van der Waals surface area contributed by atoms with Gasteiger partial charge in [0.15, 0.2) is 17.9 Å². The van der Waals surface area contributed by atoms with Gasteiger partial charge in [0.1, 0.15) is 54.1 Å². The number of hydrogen-bond donors (Lipinski definition) is 22. The van der Waals surface area contributed by atoms with Crippen LogP contribution in [-0.4, -0.2) is 187 Å². The van der Waals surface area contributed by atoms with Crippen LogP contribution in [0.2, 0.25) is 0 Å². The second-order valence-electron chi connectivity index (χ2n) is 21.8. The van der Waals surface area contributed by atoms with Crippen molar-refractivity contribution >= 4 is 77.0 Å². The highest BCUT2D eigenvalue weighted by Crippen LogP contribution is 2.15. The third-order valence-electron chi connectivity index (χ3n) is 14.1. The molecule has 0 saturated heterocycles. The summed E-state index contributed by atoms with van der Waals surface area (Å²) in [5, 5.41) is 40.9. The maximum Gasteiger partial charge on any atom is 0.303 e. The summed E-state index contributed by atoms with van der Waals surface area (Å²) >= 11 is 0. The van der Waals surface area contributed by atoms with E-state index < -0.39 is 126 Å². The molecular weight excluding hydrogens is 1190 g/mol. The number of aromatic hydroxyl groups is 1.